The van der Waals surface area contributed by atoms with Crippen molar-refractivity contribution in [3.05, 3.63) is 36.5 Å². The molecule has 2 unspecified atom stereocenters. The van der Waals surface area contributed by atoms with Crippen LogP contribution in [0.3, 0.4) is 0 Å². The Hall–Kier alpha value is -1.28. The Morgan fingerprint density at radius 3 is 1.47 bits per heavy atom. The summed E-state index contributed by atoms with van der Waals surface area (Å²) in [6.45, 7) is 5.58. The molecule has 1 N–H and O–H groups in total. The summed E-state index contributed by atoms with van der Waals surface area (Å²) >= 11 is 0. The lowest BCUT2D eigenvalue weighted by molar-refractivity contribution is -0.870. The van der Waals surface area contributed by atoms with E-state index in [2.05, 4.69) is 50.3 Å². The van der Waals surface area contributed by atoms with Gasteiger partial charge in [0.15, 0.2) is 0 Å². The molecule has 0 aromatic carbocycles. The monoisotopic (exact) mass is 841 g/mol. The highest BCUT2D eigenvalue weighted by molar-refractivity contribution is 7.47. The number of unbranched alkanes of at least 4 members (excludes halogenated alkanes) is 25. The molecule has 342 valence electrons. The summed E-state index contributed by atoms with van der Waals surface area (Å²) in [5, 5.41) is 0. The van der Waals surface area contributed by atoms with E-state index in [1.165, 1.54) is 135 Å². The number of hydrogen-bond acceptors (Lipinski definition) is 6. The van der Waals surface area contributed by atoms with E-state index in [1.807, 2.05) is 21.1 Å². The normalized spacial score (nSPS) is 14.0. The number of esters is 1. The number of rotatable bonds is 45. The van der Waals surface area contributed by atoms with E-state index in [0.29, 0.717) is 24.1 Å². The van der Waals surface area contributed by atoms with Crippen molar-refractivity contribution in [1.29, 1.82) is 0 Å². The molecule has 0 aromatic rings. The van der Waals surface area contributed by atoms with Gasteiger partial charge >= 0.3 is 13.8 Å². The highest BCUT2D eigenvalue weighted by Gasteiger charge is 2.26. The summed E-state index contributed by atoms with van der Waals surface area (Å²) in [6, 6.07) is 0. The molecular weight excluding hydrogens is 746 g/mol. The minimum atomic E-state index is -4.28. The fourth-order valence-corrected chi connectivity index (χ4v) is 7.36. The number of hydrogen-bond donors (Lipinski definition) is 1. The Bertz CT molecular complexity index is 1020. The number of phosphoric acid groups is 1. The highest BCUT2D eigenvalue weighted by Crippen LogP contribution is 2.43. The molecule has 0 rings (SSSR count). The zero-order valence-corrected chi connectivity index (χ0v) is 39.7. The van der Waals surface area contributed by atoms with E-state index in [1.54, 1.807) is 0 Å². The highest BCUT2D eigenvalue weighted by atomic mass is 31.2. The summed E-state index contributed by atoms with van der Waals surface area (Å²) in [5.74, 6) is -0.327. The first-order valence-electron chi connectivity index (χ1n) is 24.2. The van der Waals surface area contributed by atoms with Gasteiger partial charge in [-0.1, -0.05) is 179 Å². The number of nitrogens with zero attached hydrogens (tertiary/aromatic N) is 1. The van der Waals surface area contributed by atoms with Crippen LogP contribution >= 0.6 is 7.82 Å². The second-order valence-electron chi connectivity index (χ2n) is 17.5. The van der Waals surface area contributed by atoms with E-state index in [0.717, 1.165) is 57.8 Å². The zero-order chi connectivity index (χ0) is 42.7. The molecule has 0 aliphatic carbocycles. The number of carbonyl (C=O) groups excluding carboxylic acids is 1. The van der Waals surface area contributed by atoms with E-state index in [4.69, 9.17) is 18.5 Å². The van der Waals surface area contributed by atoms with Crippen molar-refractivity contribution < 1.29 is 37.3 Å². The number of phosphoric ester groups is 1. The van der Waals surface area contributed by atoms with Crippen LogP contribution in [-0.4, -0.2) is 75.6 Å². The molecular formula is C49H95NO7P+. The third-order valence-corrected chi connectivity index (χ3v) is 11.4. The molecule has 0 aliphatic rings. The van der Waals surface area contributed by atoms with E-state index in [9.17, 15) is 14.3 Å². The maximum absolute atomic E-state index is 12.7. The predicted octanol–water partition coefficient (Wildman–Crippen LogP) is 14.6. The molecule has 8 nitrogen and oxygen atoms in total. The first-order chi connectivity index (χ1) is 28.1. The summed E-state index contributed by atoms with van der Waals surface area (Å²) in [4.78, 5) is 22.9. The summed E-state index contributed by atoms with van der Waals surface area (Å²) < 4.78 is 35.1. The number of quaternary nitrogens is 1. The van der Waals surface area contributed by atoms with Crippen molar-refractivity contribution in [3.63, 3.8) is 0 Å². The number of ether oxygens (including phenoxy) is 2. The third-order valence-electron chi connectivity index (χ3n) is 10.4. The van der Waals surface area contributed by atoms with Crippen LogP contribution in [0.2, 0.25) is 0 Å². The second kappa shape index (κ2) is 42.4. The standard InChI is InChI=1S/C49H94NO7P/c1-6-8-10-12-14-16-18-20-22-23-24-25-26-27-28-29-31-33-35-37-39-41-44-54-46-48(47-56-58(52,53)55-45-43-50(3,4)5)57-49(51)42-40-38-36-34-32-30-21-19-17-15-13-11-9-7-2/h13,15,19,21,23-24,48H,6-12,14,16-18,20,22,25-47H2,1-5H3/p+1/b15-13-,21-19-,24-23-. The van der Waals surface area contributed by atoms with Gasteiger partial charge in [0.1, 0.15) is 19.3 Å². The minimum absolute atomic E-state index is 0.0856. The van der Waals surface area contributed by atoms with Gasteiger partial charge in [-0.05, 0) is 64.2 Å². The molecule has 0 fully saturated rings. The Morgan fingerprint density at radius 1 is 0.534 bits per heavy atom. The molecule has 0 aromatic heterocycles. The van der Waals surface area contributed by atoms with Gasteiger partial charge in [0.05, 0.1) is 34.4 Å². The predicted molar refractivity (Wildman–Crippen MR) is 247 cm³/mol. The van der Waals surface area contributed by atoms with Crippen molar-refractivity contribution >= 4 is 13.8 Å². The molecule has 0 aliphatic heterocycles. The van der Waals surface area contributed by atoms with Crippen molar-refractivity contribution in [3.8, 4) is 0 Å². The van der Waals surface area contributed by atoms with Crippen LogP contribution in [-0.2, 0) is 27.9 Å². The minimum Gasteiger partial charge on any atom is -0.457 e. The first-order valence-corrected chi connectivity index (χ1v) is 25.7. The third kappa shape index (κ3) is 45.8. The van der Waals surface area contributed by atoms with Gasteiger partial charge in [0.25, 0.3) is 0 Å². The largest absolute Gasteiger partial charge is 0.472 e. The Morgan fingerprint density at radius 2 is 0.966 bits per heavy atom. The fraction of sp³-hybridized carbons (Fsp3) is 0.857. The van der Waals surface area contributed by atoms with Gasteiger partial charge in [-0.3, -0.25) is 13.8 Å². The van der Waals surface area contributed by atoms with E-state index >= 15 is 0 Å². The first kappa shape index (κ1) is 56.7. The Kier molecular flexibility index (Phi) is 41.5. The quantitative estimate of drug-likeness (QED) is 0.0215. The maximum Gasteiger partial charge on any atom is 0.472 e. The molecule has 2 atom stereocenters. The van der Waals surface area contributed by atoms with Gasteiger partial charge < -0.3 is 18.9 Å². The SMILES string of the molecule is CCCC/C=C\C/C=C\CCCCCCCC(=O)OC(COCCCCCCCCCCCC/C=C\CCCCCCCCCC)COP(=O)(O)OCC[N+](C)(C)C. The average molecular weight is 841 g/mol. The maximum atomic E-state index is 12.7. The Balaban J connectivity index is 4.14. The molecule has 0 amide bonds. The van der Waals surface area contributed by atoms with Crippen LogP contribution in [0.15, 0.2) is 36.5 Å². The van der Waals surface area contributed by atoms with E-state index < -0.39 is 13.9 Å². The van der Waals surface area contributed by atoms with Gasteiger partial charge in [-0.15, -0.1) is 0 Å². The average Bonchev–Trinajstić information content (AvgIpc) is 3.18. The smallest absolute Gasteiger partial charge is 0.457 e. The summed E-state index contributed by atoms with van der Waals surface area (Å²) in [6.07, 6.45) is 50.4. The molecule has 0 saturated heterocycles. The van der Waals surface area contributed by atoms with Crippen LogP contribution in [0.5, 0.6) is 0 Å². The molecule has 9 heteroatoms. The van der Waals surface area contributed by atoms with Crippen LogP contribution in [0, 0.1) is 0 Å². The molecule has 0 heterocycles. The van der Waals surface area contributed by atoms with Gasteiger partial charge in [0.2, 0.25) is 0 Å². The lowest BCUT2D eigenvalue weighted by Gasteiger charge is -2.24. The summed E-state index contributed by atoms with van der Waals surface area (Å²) in [5.41, 5.74) is 0. The van der Waals surface area contributed by atoms with Crippen molar-refractivity contribution in [1.82, 2.24) is 0 Å². The number of likely N-dealkylation sites (N-methyl/N-ethyl adjacent to an activating group) is 1. The van der Waals surface area contributed by atoms with Gasteiger partial charge in [-0.25, -0.2) is 4.57 Å². The molecule has 0 saturated carbocycles. The zero-order valence-electron chi connectivity index (χ0n) is 38.8. The number of allylic oxidation sites excluding steroid dienone is 6. The topological polar surface area (TPSA) is 91.3 Å². The van der Waals surface area contributed by atoms with Gasteiger partial charge in [-0.2, -0.15) is 0 Å². The van der Waals surface area contributed by atoms with Gasteiger partial charge in [0, 0.05) is 13.0 Å². The van der Waals surface area contributed by atoms with Crippen molar-refractivity contribution in [2.45, 2.75) is 219 Å². The van der Waals surface area contributed by atoms with Crippen molar-refractivity contribution in [2.75, 3.05) is 54.1 Å². The lowest BCUT2D eigenvalue weighted by Crippen LogP contribution is -2.37. The summed E-state index contributed by atoms with van der Waals surface area (Å²) in [7, 11) is 1.66. The fourth-order valence-electron chi connectivity index (χ4n) is 6.62. The van der Waals surface area contributed by atoms with Crippen LogP contribution < -0.4 is 0 Å². The number of carbonyl (C=O) groups is 1. The molecule has 0 radical (unpaired) electrons. The molecule has 58 heavy (non-hydrogen) atoms. The molecule has 0 spiro atoms. The van der Waals surface area contributed by atoms with Crippen LogP contribution in [0.25, 0.3) is 0 Å². The Labute approximate surface area is 359 Å². The second-order valence-corrected chi connectivity index (χ2v) is 18.9. The van der Waals surface area contributed by atoms with Crippen molar-refractivity contribution in [2.24, 2.45) is 0 Å². The molecule has 0 bridgehead atoms. The van der Waals surface area contributed by atoms with Crippen LogP contribution in [0.4, 0.5) is 0 Å². The van der Waals surface area contributed by atoms with E-state index in [-0.39, 0.29) is 25.8 Å². The van der Waals surface area contributed by atoms with Crippen LogP contribution in [0.1, 0.15) is 213 Å². The lowest BCUT2D eigenvalue weighted by atomic mass is 10.1.